The Bertz CT molecular complexity index is 893. The monoisotopic (exact) mass is 377 g/mol. The number of hydrogen-bond donors (Lipinski definition) is 0. The molecule has 0 aliphatic heterocycles. The zero-order chi connectivity index (χ0) is 19.3. The Morgan fingerprint density at radius 3 is 2.38 bits per heavy atom. The van der Waals surface area contributed by atoms with Gasteiger partial charge in [-0.1, -0.05) is 18.2 Å². The van der Waals surface area contributed by atoms with Crippen molar-refractivity contribution in [1.82, 2.24) is 4.31 Å². The first-order valence-electron chi connectivity index (χ1n) is 8.11. The van der Waals surface area contributed by atoms with Crippen molar-refractivity contribution in [2.75, 3.05) is 27.3 Å². The third kappa shape index (κ3) is 4.42. The van der Waals surface area contributed by atoms with Crippen LogP contribution in [-0.4, -0.2) is 46.0 Å². The molecule has 0 spiro atoms. The molecule has 26 heavy (non-hydrogen) atoms. The van der Waals surface area contributed by atoms with Crippen LogP contribution < -0.4 is 4.74 Å². The number of esters is 1. The van der Waals surface area contributed by atoms with E-state index in [1.807, 2.05) is 31.2 Å². The molecule has 0 saturated carbocycles. The first-order valence-corrected chi connectivity index (χ1v) is 9.55. The second-order valence-electron chi connectivity index (χ2n) is 5.91. The van der Waals surface area contributed by atoms with Gasteiger partial charge in [-0.05, 0) is 49.2 Å². The lowest BCUT2D eigenvalue weighted by Crippen LogP contribution is -2.31. The Morgan fingerprint density at radius 2 is 1.77 bits per heavy atom. The highest BCUT2D eigenvalue weighted by Crippen LogP contribution is 2.21. The van der Waals surface area contributed by atoms with Crippen LogP contribution in [0.25, 0.3) is 0 Å². The number of ether oxygens (including phenoxy) is 2. The van der Waals surface area contributed by atoms with Gasteiger partial charge in [0.1, 0.15) is 12.4 Å². The molecule has 0 bridgehead atoms. The van der Waals surface area contributed by atoms with Gasteiger partial charge in [0.2, 0.25) is 10.0 Å². The van der Waals surface area contributed by atoms with Gasteiger partial charge in [0, 0.05) is 13.6 Å². The van der Waals surface area contributed by atoms with E-state index in [1.165, 1.54) is 36.7 Å². The molecule has 2 aromatic rings. The number of carbonyl (C=O) groups excluding carboxylic acids is 1. The number of rotatable bonds is 7. The fourth-order valence-electron chi connectivity index (χ4n) is 2.47. The molecule has 0 atom stereocenters. The maximum Gasteiger partial charge on any atom is 0.337 e. The average Bonchev–Trinajstić information content (AvgIpc) is 2.62. The number of likely N-dealkylation sites (N-methyl/N-ethyl adjacent to an activating group) is 1. The van der Waals surface area contributed by atoms with Gasteiger partial charge in [0.15, 0.2) is 0 Å². The van der Waals surface area contributed by atoms with Gasteiger partial charge in [-0.25, -0.2) is 13.2 Å². The molecule has 0 unspecified atom stereocenters. The number of methoxy groups -OCH3 is 1. The van der Waals surface area contributed by atoms with E-state index in [9.17, 15) is 13.2 Å². The van der Waals surface area contributed by atoms with E-state index in [2.05, 4.69) is 4.74 Å². The van der Waals surface area contributed by atoms with E-state index in [4.69, 9.17) is 4.74 Å². The minimum atomic E-state index is -3.68. The van der Waals surface area contributed by atoms with Gasteiger partial charge >= 0.3 is 5.97 Å². The molecule has 2 aromatic carbocycles. The summed E-state index contributed by atoms with van der Waals surface area (Å²) in [5.41, 5.74) is 1.79. The first kappa shape index (κ1) is 19.9. The Labute approximate surface area is 154 Å². The summed E-state index contributed by atoms with van der Waals surface area (Å²) in [6, 6.07) is 11.9. The SMILES string of the molecule is COC(=O)c1ccc(S(=O)(=O)N(C)CCOc2ccccc2C)c(C)c1. The summed E-state index contributed by atoms with van der Waals surface area (Å²) >= 11 is 0. The molecule has 0 aromatic heterocycles. The quantitative estimate of drug-likeness (QED) is 0.694. The highest BCUT2D eigenvalue weighted by Gasteiger charge is 2.23. The molecular formula is C19H23NO5S. The van der Waals surface area contributed by atoms with Crippen molar-refractivity contribution in [2.24, 2.45) is 0 Å². The second kappa shape index (κ2) is 8.33. The fourth-order valence-corrected chi connectivity index (χ4v) is 3.83. The number of hydrogen-bond acceptors (Lipinski definition) is 5. The normalized spacial score (nSPS) is 11.4. The number of benzene rings is 2. The summed E-state index contributed by atoms with van der Waals surface area (Å²) in [6.45, 7) is 4.02. The number of aryl methyl sites for hydroxylation is 2. The smallest absolute Gasteiger partial charge is 0.337 e. The van der Waals surface area contributed by atoms with E-state index in [0.29, 0.717) is 11.1 Å². The summed E-state index contributed by atoms with van der Waals surface area (Å²) in [4.78, 5) is 11.7. The van der Waals surface area contributed by atoms with Crippen molar-refractivity contribution in [3.8, 4) is 5.75 Å². The highest BCUT2D eigenvalue weighted by molar-refractivity contribution is 7.89. The third-order valence-corrected chi connectivity index (χ3v) is 6.06. The standard InChI is InChI=1S/C19H23NO5S/c1-14-7-5-6-8-17(14)25-12-11-20(3)26(22,23)18-10-9-16(13-15(18)2)19(21)24-4/h5-10,13H,11-12H2,1-4H3. The number of para-hydroxylation sites is 1. The Hall–Kier alpha value is -2.38. The average molecular weight is 377 g/mol. The molecule has 6 nitrogen and oxygen atoms in total. The summed E-state index contributed by atoms with van der Waals surface area (Å²) in [6.07, 6.45) is 0. The topological polar surface area (TPSA) is 72.9 Å². The molecular weight excluding hydrogens is 354 g/mol. The number of sulfonamides is 1. The lowest BCUT2D eigenvalue weighted by molar-refractivity contribution is 0.0600. The Balaban J connectivity index is 2.09. The Kier molecular flexibility index (Phi) is 6.39. The largest absolute Gasteiger partial charge is 0.492 e. The second-order valence-corrected chi connectivity index (χ2v) is 7.93. The van der Waals surface area contributed by atoms with Crippen LogP contribution in [0.4, 0.5) is 0 Å². The maximum atomic E-state index is 12.8. The molecule has 7 heteroatoms. The van der Waals surface area contributed by atoms with E-state index < -0.39 is 16.0 Å². The molecule has 0 saturated heterocycles. The van der Waals surface area contributed by atoms with Crippen LogP contribution in [-0.2, 0) is 14.8 Å². The molecule has 0 N–H and O–H groups in total. The Morgan fingerprint density at radius 1 is 1.08 bits per heavy atom. The van der Waals surface area contributed by atoms with Gasteiger partial charge < -0.3 is 9.47 Å². The predicted molar refractivity (Wildman–Crippen MR) is 99.0 cm³/mol. The molecule has 0 aliphatic carbocycles. The molecule has 0 amide bonds. The van der Waals surface area contributed by atoms with E-state index in [0.717, 1.165) is 11.3 Å². The molecule has 0 aliphatic rings. The van der Waals surface area contributed by atoms with Crippen molar-refractivity contribution in [3.05, 3.63) is 59.2 Å². The van der Waals surface area contributed by atoms with Crippen molar-refractivity contribution in [1.29, 1.82) is 0 Å². The van der Waals surface area contributed by atoms with Gasteiger partial charge in [0.25, 0.3) is 0 Å². The molecule has 2 rings (SSSR count). The summed E-state index contributed by atoms with van der Waals surface area (Å²) in [5.74, 6) is 0.231. The van der Waals surface area contributed by atoms with Crippen LogP contribution >= 0.6 is 0 Å². The van der Waals surface area contributed by atoms with Crippen LogP contribution in [0.3, 0.4) is 0 Å². The van der Waals surface area contributed by atoms with Crippen LogP contribution in [0.1, 0.15) is 21.5 Å². The minimum absolute atomic E-state index is 0.156. The zero-order valence-corrected chi connectivity index (χ0v) is 16.2. The van der Waals surface area contributed by atoms with Crippen LogP contribution in [0.5, 0.6) is 5.75 Å². The molecule has 0 heterocycles. The minimum Gasteiger partial charge on any atom is -0.492 e. The van der Waals surface area contributed by atoms with Gasteiger partial charge in [-0.15, -0.1) is 0 Å². The van der Waals surface area contributed by atoms with E-state index in [1.54, 1.807) is 6.92 Å². The first-order chi connectivity index (χ1) is 12.3. The number of carbonyl (C=O) groups is 1. The zero-order valence-electron chi connectivity index (χ0n) is 15.4. The van der Waals surface area contributed by atoms with Crippen LogP contribution in [0, 0.1) is 13.8 Å². The molecule has 0 fully saturated rings. The summed E-state index contributed by atoms with van der Waals surface area (Å²) < 4.78 is 37.1. The van der Waals surface area contributed by atoms with Crippen LogP contribution in [0.2, 0.25) is 0 Å². The van der Waals surface area contributed by atoms with Gasteiger partial charge in [-0.3, -0.25) is 0 Å². The van der Waals surface area contributed by atoms with E-state index in [-0.39, 0.29) is 18.0 Å². The highest BCUT2D eigenvalue weighted by atomic mass is 32.2. The fraction of sp³-hybridized carbons (Fsp3) is 0.316. The third-order valence-electron chi connectivity index (χ3n) is 4.04. The predicted octanol–water partition coefficient (Wildman–Crippen LogP) is 2.79. The lowest BCUT2D eigenvalue weighted by atomic mass is 10.1. The van der Waals surface area contributed by atoms with Crippen molar-refractivity contribution >= 4 is 16.0 Å². The summed E-state index contributed by atoms with van der Waals surface area (Å²) in [7, 11) is -0.896. The summed E-state index contributed by atoms with van der Waals surface area (Å²) in [5, 5.41) is 0. The molecule has 140 valence electrons. The van der Waals surface area contributed by atoms with Gasteiger partial charge in [0.05, 0.1) is 17.6 Å². The van der Waals surface area contributed by atoms with Crippen molar-refractivity contribution in [3.63, 3.8) is 0 Å². The number of nitrogens with zero attached hydrogens (tertiary/aromatic N) is 1. The molecule has 0 radical (unpaired) electrons. The van der Waals surface area contributed by atoms with Crippen molar-refractivity contribution < 1.29 is 22.7 Å². The van der Waals surface area contributed by atoms with Gasteiger partial charge in [-0.2, -0.15) is 4.31 Å². The lowest BCUT2D eigenvalue weighted by Gasteiger charge is -2.19. The van der Waals surface area contributed by atoms with E-state index >= 15 is 0 Å². The van der Waals surface area contributed by atoms with Crippen molar-refractivity contribution in [2.45, 2.75) is 18.7 Å². The maximum absolute atomic E-state index is 12.8. The van der Waals surface area contributed by atoms with Crippen LogP contribution in [0.15, 0.2) is 47.4 Å².